The molecule has 1 N–H and O–H groups in total. The molecule has 0 spiro atoms. The van der Waals surface area contributed by atoms with Crippen molar-refractivity contribution >= 4 is 5.91 Å². The molecule has 1 heterocycles. The van der Waals surface area contributed by atoms with Gasteiger partial charge in [-0.15, -0.1) is 5.10 Å². The highest BCUT2D eigenvalue weighted by Crippen LogP contribution is 2.05. The van der Waals surface area contributed by atoms with Gasteiger partial charge in [-0.25, -0.2) is 5.10 Å². The van der Waals surface area contributed by atoms with Crippen molar-refractivity contribution in [3.8, 4) is 0 Å². The Bertz CT molecular complexity index is 295. The predicted molar refractivity (Wildman–Crippen MR) is 54.4 cm³/mol. The smallest absolute Gasteiger partial charge is 0.226 e. The topological polar surface area (TPSA) is 74.8 Å². The van der Waals surface area contributed by atoms with Crippen LogP contribution in [0.1, 0.15) is 26.1 Å². The standard InChI is InChI=1S/C9H16N5O/c1-7(2)4-5-9(15)14(3)6-8-10-12-13-11-8/h5,7H,4,6H2,1-3H3,(H,10,11,12,13). The number of nitrogens with zero attached hydrogens (tertiary/aromatic N) is 4. The molecule has 0 aromatic carbocycles. The molecule has 0 bridgehead atoms. The molecule has 0 saturated heterocycles. The van der Waals surface area contributed by atoms with Gasteiger partial charge in [-0.05, 0) is 22.8 Å². The van der Waals surface area contributed by atoms with E-state index in [0.29, 0.717) is 18.3 Å². The van der Waals surface area contributed by atoms with Gasteiger partial charge >= 0.3 is 0 Å². The third-order valence-electron chi connectivity index (χ3n) is 1.92. The molecule has 83 valence electrons. The summed E-state index contributed by atoms with van der Waals surface area (Å²) in [5.74, 6) is 1.08. The number of carbonyl (C=O) groups is 1. The highest BCUT2D eigenvalue weighted by atomic mass is 16.2. The molecule has 6 nitrogen and oxygen atoms in total. The van der Waals surface area contributed by atoms with Crippen molar-refractivity contribution in [2.75, 3.05) is 7.05 Å². The van der Waals surface area contributed by atoms with Crippen LogP contribution in [0.15, 0.2) is 0 Å². The van der Waals surface area contributed by atoms with Gasteiger partial charge < -0.3 is 4.90 Å². The van der Waals surface area contributed by atoms with Crippen LogP contribution in [0, 0.1) is 12.3 Å². The average Bonchev–Trinajstić information content (AvgIpc) is 2.66. The minimum Gasteiger partial charge on any atom is -0.338 e. The molecule has 0 aliphatic heterocycles. The first-order chi connectivity index (χ1) is 7.09. The Balaban J connectivity index is 2.33. The van der Waals surface area contributed by atoms with E-state index in [1.54, 1.807) is 18.4 Å². The van der Waals surface area contributed by atoms with Crippen molar-refractivity contribution in [3.63, 3.8) is 0 Å². The van der Waals surface area contributed by atoms with Crippen LogP contribution in [0.25, 0.3) is 0 Å². The fraction of sp³-hybridized carbons (Fsp3) is 0.667. The van der Waals surface area contributed by atoms with Gasteiger partial charge in [0.25, 0.3) is 0 Å². The first-order valence-electron chi connectivity index (χ1n) is 4.90. The minimum atomic E-state index is 0.0000926. The Morgan fingerprint density at radius 1 is 1.60 bits per heavy atom. The van der Waals surface area contributed by atoms with Crippen molar-refractivity contribution in [2.24, 2.45) is 5.92 Å². The number of nitrogens with one attached hydrogen (secondary N) is 1. The molecule has 1 amide bonds. The van der Waals surface area contributed by atoms with Gasteiger partial charge in [-0.2, -0.15) is 0 Å². The fourth-order valence-electron chi connectivity index (χ4n) is 1.04. The number of aromatic nitrogens is 4. The summed E-state index contributed by atoms with van der Waals surface area (Å²) in [7, 11) is 1.72. The average molecular weight is 210 g/mol. The molecule has 1 aromatic heterocycles. The summed E-state index contributed by atoms with van der Waals surface area (Å²) < 4.78 is 0. The van der Waals surface area contributed by atoms with E-state index in [1.165, 1.54) is 0 Å². The van der Waals surface area contributed by atoms with Crippen LogP contribution in [0.3, 0.4) is 0 Å². The fourth-order valence-corrected chi connectivity index (χ4v) is 1.04. The number of tetrazole rings is 1. The number of amides is 1. The van der Waals surface area contributed by atoms with Crippen molar-refractivity contribution in [1.82, 2.24) is 25.5 Å². The largest absolute Gasteiger partial charge is 0.338 e. The summed E-state index contributed by atoms with van der Waals surface area (Å²) in [6.45, 7) is 4.55. The van der Waals surface area contributed by atoms with Crippen LogP contribution in [-0.2, 0) is 11.3 Å². The molecule has 1 rings (SSSR count). The lowest BCUT2D eigenvalue weighted by Crippen LogP contribution is -2.27. The SMILES string of the molecule is CC(C)C[CH]C(=O)N(C)Cc1nnn[nH]1. The van der Waals surface area contributed by atoms with E-state index in [4.69, 9.17) is 0 Å². The van der Waals surface area contributed by atoms with Crippen LogP contribution in [0.4, 0.5) is 0 Å². The zero-order chi connectivity index (χ0) is 11.3. The van der Waals surface area contributed by atoms with Crippen LogP contribution < -0.4 is 0 Å². The van der Waals surface area contributed by atoms with Gasteiger partial charge in [0.05, 0.1) is 6.54 Å². The summed E-state index contributed by atoms with van der Waals surface area (Å²) in [6, 6.07) is 0. The van der Waals surface area contributed by atoms with E-state index in [1.807, 2.05) is 0 Å². The van der Waals surface area contributed by atoms with Crippen molar-refractivity contribution in [2.45, 2.75) is 26.8 Å². The van der Waals surface area contributed by atoms with Gasteiger partial charge in [0.15, 0.2) is 5.82 Å². The normalized spacial score (nSPS) is 10.7. The maximum Gasteiger partial charge on any atom is 0.226 e. The molecular weight excluding hydrogens is 194 g/mol. The summed E-state index contributed by atoms with van der Waals surface area (Å²) in [4.78, 5) is 13.1. The van der Waals surface area contributed by atoms with Crippen molar-refractivity contribution in [1.29, 1.82) is 0 Å². The van der Waals surface area contributed by atoms with E-state index in [9.17, 15) is 4.79 Å². The van der Waals surface area contributed by atoms with Crippen LogP contribution in [0.5, 0.6) is 0 Å². The maximum absolute atomic E-state index is 11.6. The third-order valence-corrected chi connectivity index (χ3v) is 1.92. The molecule has 0 fully saturated rings. The molecule has 1 radical (unpaired) electrons. The summed E-state index contributed by atoms with van der Waals surface area (Å²) >= 11 is 0. The highest BCUT2D eigenvalue weighted by Gasteiger charge is 2.11. The molecule has 0 saturated carbocycles. The number of rotatable bonds is 5. The third kappa shape index (κ3) is 4.05. The number of hydrogen-bond acceptors (Lipinski definition) is 4. The lowest BCUT2D eigenvalue weighted by atomic mass is 10.1. The number of H-pyrrole nitrogens is 1. The molecule has 0 unspecified atom stereocenters. The Hall–Kier alpha value is -1.46. The zero-order valence-corrected chi connectivity index (χ0v) is 9.27. The van der Waals surface area contributed by atoms with E-state index in [2.05, 4.69) is 34.5 Å². The highest BCUT2D eigenvalue weighted by molar-refractivity contribution is 5.84. The summed E-state index contributed by atoms with van der Waals surface area (Å²) in [6.07, 6.45) is 2.48. The number of hydrogen-bond donors (Lipinski definition) is 1. The number of carbonyl (C=O) groups excluding carboxylic acids is 1. The van der Waals surface area contributed by atoms with Gasteiger partial charge in [0.1, 0.15) is 0 Å². The monoisotopic (exact) mass is 210 g/mol. The second kappa shape index (κ2) is 5.43. The second-order valence-electron chi connectivity index (χ2n) is 3.88. The summed E-state index contributed by atoms with van der Waals surface area (Å²) in [5.41, 5.74) is 0. The van der Waals surface area contributed by atoms with Gasteiger partial charge in [-0.1, -0.05) is 13.8 Å². The molecular formula is C9H16N5O. The zero-order valence-electron chi connectivity index (χ0n) is 9.27. The Labute approximate surface area is 89.0 Å². The van der Waals surface area contributed by atoms with Crippen molar-refractivity contribution < 1.29 is 4.79 Å². The lowest BCUT2D eigenvalue weighted by molar-refractivity contribution is -0.127. The van der Waals surface area contributed by atoms with E-state index in [0.717, 1.165) is 6.42 Å². The predicted octanol–water partition coefficient (Wildman–Crippen LogP) is 0.408. The van der Waals surface area contributed by atoms with Gasteiger partial charge in [0, 0.05) is 13.5 Å². The molecule has 0 aliphatic rings. The molecule has 0 atom stereocenters. The number of aromatic amines is 1. The van der Waals surface area contributed by atoms with Crippen LogP contribution in [0.2, 0.25) is 0 Å². The van der Waals surface area contributed by atoms with Crippen LogP contribution in [-0.4, -0.2) is 38.5 Å². The first-order valence-corrected chi connectivity index (χ1v) is 4.90. The first kappa shape index (κ1) is 11.6. The minimum absolute atomic E-state index is 0.0000926. The maximum atomic E-state index is 11.6. The van der Waals surface area contributed by atoms with Gasteiger partial charge in [-0.3, -0.25) is 4.79 Å². The van der Waals surface area contributed by atoms with E-state index < -0.39 is 0 Å². The van der Waals surface area contributed by atoms with Crippen LogP contribution >= 0.6 is 0 Å². The van der Waals surface area contributed by atoms with Gasteiger partial charge in [0.2, 0.25) is 5.91 Å². The lowest BCUT2D eigenvalue weighted by Gasteiger charge is -2.15. The molecule has 6 heteroatoms. The summed E-state index contributed by atoms with van der Waals surface area (Å²) in [5, 5.41) is 13.2. The van der Waals surface area contributed by atoms with E-state index in [-0.39, 0.29) is 5.91 Å². The Morgan fingerprint density at radius 3 is 2.87 bits per heavy atom. The Kier molecular flexibility index (Phi) is 4.20. The molecule has 15 heavy (non-hydrogen) atoms. The quantitative estimate of drug-likeness (QED) is 0.763. The Morgan fingerprint density at radius 2 is 2.33 bits per heavy atom. The van der Waals surface area contributed by atoms with Crippen molar-refractivity contribution in [3.05, 3.63) is 12.2 Å². The molecule has 1 aromatic rings. The molecule has 0 aliphatic carbocycles. The van der Waals surface area contributed by atoms with E-state index >= 15 is 0 Å². The second-order valence-corrected chi connectivity index (χ2v) is 3.88.